The van der Waals surface area contributed by atoms with Gasteiger partial charge in [-0.2, -0.15) is 0 Å². The van der Waals surface area contributed by atoms with Gasteiger partial charge in [0.1, 0.15) is 0 Å². The van der Waals surface area contributed by atoms with Crippen LogP contribution in [0.3, 0.4) is 0 Å². The van der Waals surface area contributed by atoms with Crippen LogP contribution < -0.4 is 5.32 Å². The van der Waals surface area contributed by atoms with Gasteiger partial charge in [-0.25, -0.2) is 0 Å². The minimum atomic E-state index is 0.577. The van der Waals surface area contributed by atoms with Gasteiger partial charge in [-0.15, -0.1) is 0 Å². The van der Waals surface area contributed by atoms with Gasteiger partial charge in [0, 0.05) is 6.04 Å². The van der Waals surface area contributed by atoms with Crippen LogP contribution in [-0.2, 0) is 6.42 Å². The van der Waals surface area contributed by atoms with E-state index in [9.17, 15) is 0 Å². The van der Waals surface area contributed by atoms with Crippen LogP contribution in [-0.4, -0.2) is 6.54 Å². The minimum absolute atomic E-state index is 0.577. The van der Waals surface area contributed by atoms with E-state index in [2.05, 4.69) is 44.3 Å². The van der Waals surface area contributed by atoms with Crippen molar-refractivity contribution in [3.05, 3.63) is 34.9 Å². The topological polar surface area (TPSA) is 12.0 Å². The van der Waals surface area contributed by atoms with E-state index < -0.39 is 0 Å². The van der Waals surface area contributed by atoms with E-state index in [0.29, 0.717) is 6.04 Å². The molecule has 1 heteroatoms. The number of rotatable bonds is 2. The van der Waals surface area contributed by atoms with Crippen molar-refractivity contribution < 1.29 is 0 Å². The van der Waals surface area contributed by atoms with Crippen LogP contribution >= 0.6 is 0 Å². The maximum atomic E-state index is 3.63. The van der Waals surface area contributed by atoms with E-state index in [4.69, 9.17) is 0 Å². The molecule has 0 saturated carbocycles. The maximum absolute atomic E-state index is 3.63. The summed E-state index contributed by atoms with van der Waals surface area (Å²) < 4.78 is 0. The van der Waals surface area contributed by atoms with E-state index in [0.717, 1.165) is 12.5 Å². The van der Waals surface area contributed by atoms with E-state index in [-0.39, 0.29) is 0 Å². The van der Waals surface area contributed by atoms with E-state index >= 15 is 0 Å². The summed E-state index contributed by atoms with van der Waals surface area (Å²) in [7, 11) is 0. The second-order valence-corrected chi connectivity index (χ2v) is 5.03. The van der Waals surface area contributed by atoms with Crippen molar-refractivity contribution in [3.8, 4) is 0 Å². The molecule has 0 radical (unpaired) electrons. The SMILES string of the molecule is Cc1cccc2c1CCNC2CC(C)C. The predicted molar refractivity (Wildman–Crippen MR) is 65.1 cm³/mol. The monoisotopic (exact) mass is 203 g/mol. The molecule has 1 heterocycles. The zero-order valence-electron chi connectivity index (χ0n) is 10.0. The highest BCUT2D eigenvalue weighted by Crippen LogP contribution is 2.29. The average molecular weight is 203 g/mol. The number of fused-ring (bicyclic) bond motifs is 1. The standard InChI is InChI=1S/C14H21N/c1-10(2)9-14-13-6-4-5-11(3)12(13)7-8-15-14/h4-6,10,14-15H,7-9H2,1-3H3. The summed E-state index contributed by atoms with van der Waals surface area (Å²) in [4.78, 5) is 0. The fraction of sp³-hybridized carbons (Fsp3) is 0.571. The molecule has 1 aliphatic rings. The molecule has 0 spiro atoms. The van der Waals surface area contributed by atoms with Crippen LogP contribution in [0.5, 0.6) is 0 Å². The molecule has 0 aliphatic carbocycles. The Balaban J connectivity index is 2.30. The summed E-state index contributed by atoms with van der Waals surface area (Å²) in [6, 6.07) is 7.29. The molecule has 1 N–H and O–H groups in total. The van der Waals surface area contributed by atoms with Crippen LogP contribution in [0, 0.1) is 12.8 Å². The first-order chi connectivity index (χ1) is 7.18. The third-order valence-electron chi connectivity index (χ3n) is 3.29. The molecule has 1 aromatic carbocycles. The van der Waals surface area contributed by atoms with Gasteiger partial charge in [-0.1, -0.05) is 32.0 Å². The second kappa shape index (κ2) is 4.36. The number of benzene rings is 1. The number of hydrogen-bond donors (Lipinski definition) is 1. The molecule has 0 amide bonds. The quantitative estimate of drug-likeness (QED) is 0.778. The summed E-state index contributed by atoms with van der Waals surface area (Å²) in [6.07, 6.45) is 2.44. The summed E-state index contributed by atoms with van der Waals surface area (Å²) in [5.74, 6) is 0.758. The lowest BCUT2D eigenvalue weighted by molar-refractivity contribution is 0.414. The first-order valence-electron chi connectivity index (χ1n) is 6.00. The fourth-order valence-corrected chi connectivity index (χ4v) is 2.56. The third-order valence-corrected chi connectivity index (χ3v) is 3.29. The highest BCUT2D eigenvalue weighted by Gasteiger charge is 2.20. The molecule has 1 aromatic rings. The van der Waals surface area contributed by atoms with Gasteiger partial charge in [0.2, 0.25) is 0 Å². The van der Waals surface area contributed by atoms with Crippen molar-refractivity contribution in [2.24, 2.45) is 5.92 Å². The molecular formula is C14H21N. The van der Waals surface area contributed by atoms with Gasteiger partial charge in [-0.3, -0.25) is 0 Å². The van der Waals surface area contributed by atoms with Gasteiger partial charge >= 0.3 is 0 Å². The Hall–Kier alpha value is -0.820. The van der Waals surface area contributed by atoms with Crippen LogP contribution in [0.25, 0.3) is 0 Å². The van der Waals surface area contributed by atoms with Crippen molar-refractivity contribution in [2.45, 2.75) is 39.7 Å². The first kappa shape index (κ1) is 10.7. The largest absolute Gasteiger partial charge is 0.310 e. The normalized spacial score (nSPS) is 20.4. The van der Waals surface area contributed by atoms with E-state index in [1.54, 1.807) is 5.56 Å². The second-order valence-electron chi connectivity index (χ2n) is 5.03. The Bertz CT molecular complexity index is 341. The van der Waals surface area contributed by atoms with Crippen LogP contribution in [0.4, 0.5) is 0 Å². The average Bonchev–Trinajstić information content (AvgIpc) is 2.19. The number of aryl methyl sites for hydroxylation is 1. The number of hydrogen-bond acceptors (Lipinski definition) is 1. The lowest BCUT2D eigenvalue weighted by Crippen LogP contribution is -2.31. The molecule has 0 aromatic heterocycles. The van der Waals surface area contributed by atoms with Crippen molar-refractivity contribution >= 4 is 0 Å². The first-order valence-corrected chi connectivity index (χ1v) is 6.00. The predicted octanol–water partition coefficient (Wildman–Crippen LogP) is 3.23. The molecule has 2 rings (SSSR count). The lowest BCUT2D eigenvalue weighted by atomic mass is 9.87. The summed E-state index contributed by atoms with van der Waals surface area (Å²) >= 11 is 0. The van der Waals surface area contributed by atoms with Gasteiger partial charge < -0.3 is 5.32 Å². The molecule has 82 valence electrons. The highest BCUT2D eigenvalue weighted by molar-refractivity contribution is 5.38. The molecular weight excluding hydrogens is 182 g/mol. The van der Waals surface area contributed by atoms with Crippen LogP contribution in [0.15, 0.2) is 18.2 Å². The summed E-state index contributed by atoms with van der Waals surface area (Å²) in [5.41, 5.74) is 4.58. The molecule has 1 aliphatic heterocycles. The van der Waals surface area contributed by atoms with Gasteiger partial charge in [-0.05, 0) is 48.9 Å². The lowest BCUT2D eigenvalue weighted by Gasteiger charge is -2.29. The molecule has 0 fully saturated rings. The summed E-state index contributed by atoms with van der Waals surface area (Å²) in [5, 5.41) is 3.63. The number of nitrogens with one attached hydrogen (secondary N) is 1. The molecule has 15 heavy (non-hydrogen) atoms. The maximum Gasteiger partial charge on any atom is 0.0325 e. The highest BCUT2D eigenvalue weighted by atomic mass is 14.9. The molecule has 0 saturated heterocycles. The van der Waals surface area contributed by atoms with E-state index in [1.165, 1.54) is 24.0 Å². The Kier molecular flexibility index (Phi) is 3.11. The Labute approximate surface area is 92.9 Å². The summed E-state index contributed by atoms with van der Waals surface area (Å²) in [6.45, 7) is 7.96. The zero-order chi connectivity index (χ0) is 10.8. The zero-order valence-corrected chi connectivity index (χ0v) is 10.0. The van der Waals surface area contributed by atoms with Crippen LogP contribution in [0.2, 0.25) is 0 Å². The van der Waals surface area contributed by atoms with Gasteiger partial charge in [0.15, 0.2) is 0 Å². The van der Waals surface area contributed by atoms with Crippen molar-refractivity contribution in [3.63, 3.8) is 0 Å². The Morgan fingerprint density at radius 1 is 1.40 bits per heavy atom. The van der Waals surface area contributed by atoms with Gasteiger partial charge in [0.05, 0.1) is 0 Å². The Morgan fingerprint density at radius 3 is 2.93 bits per heavy atom. The van der Waals surface area contributed by atoms with Crippen molar-refractivity contribution in [1.29, 1.82) is 0 Å². The van der Waals surface area contributed by atoms with E-state index in [1.807, 2.05) is 0 Å². The molecule has 1 atom stereocenters. The Morgan fingerprint density at radius 2 is 2.20 bits per heavy atom. The third kappa shape index (κ3) is 2.23. The minimum Gasteiger partial charge on any atom is -0.310 e. The smallest absolute Gasteiger partial charge is 0.0325 e. The molecule has 1 nitrogen and oxygen atoms in total. The van der Waals surface area contributed by atoms with Crippen LogP contribution in [0.1, 0.15) is 43.0 Å². The van der Waals surface area contributed by atoms with Crippen molar-refractivity contribution in [1.82, 2.24) is 5.32 Å². The van der Waals surface area contributed by atoms with Gasteiger partial charge in [0.25, 0.3) is 0 Å². The molecule has 1 unspecified atom stereocenters. The van der Waals surface area contributed by atoms with Crippen molar-refractivity contribution in [2.75, 3.05) is 6.54 Å². The molecule has 0 bridgehead atoms. The fourth-order valence-electron chi connectivity index (χ4n) is 2.56.